The van der Waals surface area contributed by atoms with Crippen molar-refractivity contribution in [3.8, 4) is 0 Å². The van der Waals surface area contributed by atoms with E-state index in [9.17, 15) is 8.42 Å². The molecule has 7 heteroatoms. The van der Waals surface area contributed by atoms with Crippen molar-refractivity contribution < 1.29 is 13.0 Å². The van der Waals surface area contributed by atoms with Crippen LogP contribution in [0.15, 0.2) is 29.2 Å². The van der Waals surface area contributed by atoms with E-state index in [1.165, 1.54) is 12.1 Å². The number of alkyl halides is 3. The van der Waals surface area contributed by atoms with Gasteiger partial charge in [-0.15, -0.1) is 0 Å². The van der Waals surface area contributed by atoms with E-state index in [2.05, 4.69) is 67.8 Å². The molecule has 1 rings (SSSR count). The first kappa shape index (κ1) is 13.4. The van der Waals surface area contributed by atoms with Gasteiger partial charge in [-0.2, -0.15) is 8.42 Å². The minimum absolute atomic E-state index is 0.0654. The van der Waals surface area contributed by atoms with Crippen LogP contribution in [0.2, 0.25) is 0 Å². The Morgan fingerprint density at radius 2 is 1.79 bits per heavy atom. The number of rotatable bonds is 2. The van der Waals surface area contributed by atoms with Crippen molar-refractivity contribution >= 4 is 77.9 Å². The Morgan fingerprint density at radius 1 is 1.21 bits per heavy atom. The molecule has 1 aromatic carbocycles. The van der Waals surface area contributed by atoms with Crippen LogP contribution in [-0.2, 0) is 9.55 Å². The lowest BCUT2D eigenvalue weighted by Crippen LogP contribution is -2.02. The highest BCUT2D eigenvalue weighted by Gasteiger charge is 2.22. The van der Waals surface area contributed by atoms with Gasteiger partial charge in [-0.05, 0) is 85.5 Å². The predicted octanol–water partition coefficient (Wildman–Crippen LogP) is 3.35. The summed E-state index contributed by atoms with van der Waals surface area (Å²) in [7, 11) is -4.10. The topological polar surface area (TPSA) is 54.4 Å². The van der Waals surface area contributed by atoms with E-state index in [1.54, 1.807) is 6.07 Å². The highest BCUT2D eigenvalue weighted by atomic mass is 127. The van der Waals surface area contributed by atoms with E-state index >= 15 is 0 Å². The molecule has 0 amide bonds. The summed E-state index contributed by atoms with van der Waals surface area (Å²) in [6.45, 7) is 0. The zero-order chi connectivity index (χ0) is 11.0. The second-order valence-electron chi connectivity index (χ2n) is 2.50. The molecule has 0 heterocycles. The summed E-state index contributed by atoms with van der Waals surface area (Å²) in [5.74, 6) is 0. The summed E-state index contributed by atoms with van der Waals surface area (Å²) in [5, 5.41) is 0. The fourth-order valence-electron chi connectivity index (χ4n) is 0.833. The van der Waals surface area contributed by atoms with Crippen LogP contribution in [0.1, 0.15) is 5.56 Å². The molecule has 0 aromatic heterocycles. The molecule has 0 aliphatic rings. The highest BCUT2D eigenvalue weighted by molar-refractivity contribution is 14.3. The molecule has 0 saturated carbocycles. The first-order chi connectivity index (χ1) is 6.21. The van der Waals surface area contributed by atoms with Crippen molar-refractivity contribution in [1.29, 1.82) is 0 Å². The third-order valence-electron chi connectivity index (χ3n) is 1.46. The molecule has 0 fully saturated rings. The summed E-state index contributed by atoms with van der Waals surface area (Å²) < 4.78 is 30.4. The Bertz CT molecular complexity index is 436. The number of benzene rings is 1. The van der Waals surface area contributed by atoms with Gasteiger partial charge in [0.25, 0.3) is 10.1 Å². The second-order valence-corrected chi connectivity index (χ2v) is 15.0. The van der Waals surface area contributed by atoms with Crippen LogP contribution in [-0.4, -0.2) is 13.0 Å². The lowest BCUT2D eigenvalue weighted by molar-refractivity contribution is 0.483. The van der Waals surface area contributed by atoms with E-state index in [0.717, 1.165) is 5.56 Å². The molecule has 0 aliphatic carbocycles. The van der Waals surface area contributed by atoms with E-state index in [4.69, 9.17) is 4.55 Å². The van der Waals surface area contributed by atoms with Gasteiger partial charge in [0.1, 0.15) is -0.565 Å². The predicted molar refractivity (Wildman–Crippen MR) is 80.0 cm³/mol. The monoisotopic (exact) mass is 550 g/mol. The Morgan fingerprint density at radius 3 is 2.21 bits per heavy atom. The Kier molecular flexibility index (Phi) is 4.47. The maximum Gasteiger partial charge on any atom is 0.294 e. The molecular weight excluding hydrogens is 545 g/mol. The van der Waals surface area contributed by atoms with Crippen LogP contribution in [0.5, 0.6) is 0 Å². The maximum absolute atomic E-state index is 10.9. The molecule has 78 valence electrons. The van der Waals surface area contributed by atoms with E-state index in [-0.39, 0.29) is 4.33 Å². The summed E-state index contributed by atoms with van der Waals surface area (Å²) in [6.07, 6.45) is 0. The van der Waals surface area contributed by atoms with Crippen molar-refractivity contribution in [2.24, 2.45) is 0 Å². The standard InChI is InChI=1S/C7H5I3O3S/c8-7(9,10)5-2-1-3-6(4-5)14(11,12)13/h1-4H,(H,11,12,13). The number of hydrogen-bond acceptors (Lipinski definition) is 2. The zero-order valence-corrected chi connectivity index (χ0v) is 13.9. The van der Waals surface area contributed by atoms with Gasteiger partial charge in [0.15, 0.2) is 0 Å². The first-order valence-electron chi connectivity index (χ1n) is 3.36. The molecule has 0 spiro atoms. The molecule has 0 saturated heterocycles. The lowest BCUT2D eigenvalue weighted by Gasteiger charge is -2.12. The van der Waals surface area contributed by atoms with Gasteiger partial charge in [-0.1, -0.05) is 12.1 Å². The smallest absolute Gasteiger partial charge is 0.282 e. The SMILES string of the molecule is O=S(=O)(O)c1cccc(C(I)(I)I)c1. The fraction of sp³-hybridized carbons (Fsp3) is 0.143. The van der Waals surface area contributed by atoms with Crippen molar-refractivity contribution in [3.05, 3.63) is 29.8 Å². The fourth-order valence-corrected chi connectivity index (χ4v) is 2.37. The number of hydrogen-bond donors (Lipinski definition) is 1. The average molecular weight is 550 g/mol. The molecule has 0 bridgehead atoms. The quantitative estimate of drug-likeness (QED) is 0.350. The van der Waals surface area contributed by atoms with Crippen LogP contribution in [0, 0.1) is 0 Å². The molecule has 0 aliphatic heterocycles. The van der Waals surface area contributed by atoms with Gasteiger partial charge in [-0.25, -0.2) is 0 Å². The minimum Gasteiger partial charge on any atom is -0.282 e. The Labute approximate surface area is 123 Å². The van der Waals surface area contributed by atoms with Crippen LogP contribution in [0.25, 0.3) is 0 Å². The van der Waals surface area contributed by atoms with Crippen molar-refractivity contribution in [2.45, 2.75) is 4.33 Å². The van der Waals surface area contributed by atoms with Gasteiger partial charge < -0.3 is 0 Å². The highest BCUT2D eigenvalue weighted by Crippen LogP contribution is 2.46. The van der Waals surface area contributed by atoms with Gasteiger partial charge >= 0.3 is 0 Å². The average Bonchev–Trinajstić information content (AvgIpc) is 2.01. The molecule has 1 aromatic rings. The van der Waals surface area contributed by atoms with E-state index in [1.807, 2.05) is 6.07 Å². The van der Waals surface area contributed by atoms with Crippen LogP contribution >= 0.6 is 67.8 Å². The third kappa shape index (κ3) is 3.72. The normalized spacial score (nSPS) is 12.9. The third-order valence-corrected chi connectivity index (χ3v) is 4.18. The largest absolute Gasteiger partial charge is 0.294 e. The minimum atomic E-state index is -4.10. The summed E-state index contributed by atoms with van der Waals surface area (Å²) >= 11 is 6.55. The van der Waals surface area contributed by atoms with Gasteiger partial charge in [-0.3, -0.25) is 4.55 Å². The summed E-state index contributed by atoms with van der Waals surface area (Å²) in [6, 6.07) is 6.28. The molecule has 0 unspecified atom stereocenters. The van der Waals surface area contributed by atoms with Crippen LogP contribution in [0.4, 0.5) is 0 Å². The van der Waals surface area contributed by atoms with Gasteiger partial charge in [0, 0.05) is 0 Å². The van der Waals surface area contributed by atoms with Gasteiger partial charge in [0.05, 0.1) is 4.90 Å². The van der Waals surface area contributed by atoms with Crippen LogP contribution < -0.4 is 0 Å². The Balaban J connectivity index is 3.29. The van der Waals surface area contributed by atoms with Crippen molar-refractivity contribution in [3.63, 3.8) is 0 Å². The maximum atomic E-state index is 10.9. The van der Waals surface area contributed by atoms with Crippen molar-refractivity contribution in [1.82, 2.24) is 0 Å². The lowest BCUT2D eigenvalue weighted by atomic mass is 10.2. The molecule has 0 atom stereocenters. The second kappa shape index (κ2) is 4.67. The molecule has 3 nitrogen and oxygen atoms in total. The first-order valence-corrected chi connectivity index (χ1v) is 8.03. The van der Waals surface area contributed by atoms with E-state index in [0.29, 0.717) is 0 Å². The van der Waals surface area contributed by atoms with Gasteiger partial charge in [0.2, 0.25) is 0 Å². The molecule has 1 N–H and O–H groups in total. The summed E-state index contributed by atoms with van der Waals surface area (Å²) in [5.41, 5.74) is 0.842. The van der Waals surface area contributed by atoms with Crippen LogP contribution in [0.3, 0.4) is 0 Å². The Hall–Kier alpha value is 1.32. The summed E-state index contributed by atoms with van der Waals surface area (Å²) in [4.78, 5) is -0.0654. The molecule has 14 heavy (non-hydrogen) atoms. The zero-order valence-electron chi connectivity index (χ0n) is 6.62. The van der Waals surface area contributed by atoms with Crippen molar-refractivity contribution in [2.75, 3.05) is 0 Å². The van der Waals surface area contributed by atoms with E-state index < -0.39 is 10.1 Å². The molecule has 0 radical (unpaired) electrons. The molecular formula is C7H5I3O3S. The number of halogens is 3.